The number of H-pyrrole nitrogens is 1. The molecule has 0 aliphatic rings. The molecule has 24 heavy (non-hydrogen) atoms. The summed E-state index contributed by atoms with van der Waals surface area (Å²) in [7, 11) is 1.52. The van der Waals surface area contributed by atoms with Gasteiger partial charge >= 0.3 is 5.69 Å². The SMILES string of the molecule is CCCCCCNc1nc2c(c(=O)[nH]c(=O)n2C)n1C[C@@H](O)CO. The van der Waals surface area contributed by atoms with Crippen LogP contribution in [-0.4, -0.2) is 48.6 Å². The van der Waals surface area contributed by atoms with E-state index in [1.165, 1.54) is 16.2 Å². The molecular formula is C15H25N5O4. The number of fused-ring (bicyclic) bond motifs is 1. The summed E-state index contributed by atoms with van der Waals surface area (Å²) in [5.74, 6) is 0.403. The molecule has 0 aliphatic carbocycles. The lowest BCUT2D eigenvalue weighted by atomic mass is 10.2. The largest absolute Gasteiger partial charge is 0.394 e. The second kappa shape index (κ2) is 8.11. The normalized spacial score (nSPS) is 12.7. The molecule has 2 rings (SSSR count). The van der Waals surface area contributed by atoms with Gasteiger partial charge in [0, 0.05) is 13.6 Å². The van der Waals surface area contributed by atoms with Gasteiger partial charge in [-0.1, -0.05) is 26.2 Å². The maximum Gasteiger partial charge on any atom is 0.329 e. The van der Waals surface area contributed by atoms with Crippen LogP contribution in [-0.2, 0) is 13.6 Å². The predicted molar refractivity (Wildman–Crippen MR) is 91.3 cm³/mol. The van der Waals surface area contributed by atoms with Gasteiger partial charge in [-0.15, -0.1) is 0 Å². The lowest BCUT2D eigenvalue weighted by molar-refractivity contribution is 0.0825. The number of nitrogens with one attached hydrogen (secondary N) is 2. The number of nitrogens with zero attached hydrogens (tertiary/aromatic N) is 3. The highest BCUT2D eigenvalue weighted by Crippen LogP contribution is 2.16. The van der Waals surface area contributed by atoms with E-state index in [9.17, 15) is 14.7 Å². The number of hydrogen-bond acceptors (Lipinski definition) is 6. The summed E-state index contributed by atoms with van der Waals surface area (Å²) in [6.45, 7) is 2.38. The van der Waals surface area contributed by atoms with Crippen LogP contribution in [0.15, 0.2) is 9.59 Å². The van der Waals surface area contributed by atoms with Crippen molar-refractivity contribution < 1.29 is 10.2 Å². The minimum atomic E-state index is -1.03. The molecule has 0 spiro atoms. The van der Waals surface area contributed by atoms with Crippen molar-refractivity contribution in [3.05, 3.63) is 20.8 Å². The lowest BCUT2D eigenvalue weighted by Gasteiger charge is -2.13. The van der Waals surface area contributed by atoms with Crippen LogP contribution in [0.4, 0.5) is 5.95 Å². The zero-order valence-corrected chi connectivity index (χ0v) is 14.1. The van der Waals surface area contributed by atoms with Crippen LogP contribution in [0, 0.1) is 0 Å². The summed E-state index contributed by atoms with van der Waals surface area (Å²) in [6, 6.07) is 0. The first-order valence-electron chi connectivity index (χ1n) is 8.21. The molecule has 0 amide bonds. The molecule has 0 aromatic carbocycles. The smallest absolute Gasteiger partial charge is 0.329 e. The molecule has 2 heterocycles. The number of unbranched alkanes of at least 4 members (excludes halogenated alkanes) is 3. The molecule has 0 fully saturated rings. The maximum absolute atomic E-state index is 12.2. The fraction of sp³-hybridized carbons (Fsp3) is 0.667. The Morgan fingerprint density at radius 2 is 2.04 bits per heavy atom. The maximum atomic E-state index is 12.2. The summed E-state index contributed by atoms with van der Waals surface area (Å²) in [4.78, 5) is 30.5. The Kier molecular flexibility index (Phi) is 6.16. The molecule has 0 aliphatic heterocycles. The minimum Gasteiger partial charge on any atom is -0.394 e. The van der Waals surface area contributed by atoms with Crippen molar-refractivity contribution in [1.29, 1.82) is 0 Å². The van der Waals surface area contributed by atoms with Crippen molar-refractivity contribution in [2.45, 2.75) is 45.3 Å². The first-order valence-corrected chi connectivity index (χ1v) is 8.21. The third kappa shape index (κ3) is 3.85. The summed E-state index contributed by atoms with van der Waals surface area (Å²) in [5.41, 5.74) is -0.676. The monoisotopic (exact) mass is 339 g/mol. The van der Waals surface area contributed by atoms with E-state index in [1.807, 2.05) is 0 Å². The first kappa shape index (κ1) is 18.2. The third-order valence-corrected chi connectivity index (χ3v) is 3.92. The van der Waals surface area contributed by atoms with Crippen molar-refractivity contribution in [3.8, 4) is 0 Å². The highest BCUT2D eigenvalue weighted by atomic mass is 16.3. The van der Waals surface area contributed by atoms with Crippen molar-refractivity contribution in [1.82, 2.24) is 19.1 Å². The molecular weight excluding hydrogens is 314 g/mol. The average molecular weight is 339 g/mol. The van der Waals surface area contributed by atoms with Crippen molar-refractivity contribution in [2.75, 3.05) is 18.5 Å². The molecule has 0 radical (unpaired) electrons. The van der Waals surface area contributed by atoms with Gasteiger partial charge in [0.25, 0.3) is 5.56 Å². The van der Waals surface area contributed by atoms with Gasteiger partial charge in [-0.3, -0.25) is 14.3 Å². The van der Waals surface area contributed by atoms with Crippen LogP contribution < -0.4 is 16.6 Å². The average Bonchev–Trinajstić information content (AvgIpc) is 2.91. The molecule has 4 N–H and O–H groups in total. The Labute approximate surface area is 139 Å². The van der Waals surface area contributed by atoms with Crippen LogP contribution >= 0.6 is 0 Å². The summed E-state index contributed by atoms with van der Waals surface area (Å²) < 4.78 is 2.76. The molecule has 9 nitrogen and oxygen atoms in total. The number of imidazole rings is 1. The quantitative estimate of drug-likeness (QED) is 0.468. The fourth-order valence-corrected chi connectivity index (χ4v) is 2.57. The van der Waals surface area contributed by atoms with Gasteiger partial charge in [0.05, 0.1) is 19.3 Å². The summed E-state index contributed by atoms with van der Waals surface area (Å²) >= 11 is 0. The van der Waals surface area contributed by atoms with Gasteiger partial charge in [0.2, 0.25) is 5.95 Å². The highest BCUT2D eigenvalue weighted by molar-refractivity contribution is 5.74. The molecule has 134 valence electrons. The Balaban J connectivity index is 2.39. The van der Waals surface area contributed by atoms with Crippen LogP contribution in [0.25, 0.3) is 11.2 Å². The van der Waals surface area contributed by atoms with E-state index in [-0.39, 0.29) is 17.7 Å². The molecule has 0 bridgehead atoms. The van der Waals surface area contributed by atoms with Gasteiger partial charge in [0.15, 0.2) is 11.2 Å². The fourth-order valence-electron chi connectivity index (χ4n) is 2.57. The van der Waals surface area contributed by atoms with Gasteiger partial charge < -0.3 is 20.1 Å². The van der Waals surface area contributed by atoms with E-state index in [2.05, 4.69) is 22.2 Å². The zero-order valence-electron chi connectivity index (χ0n) is 14.1. The lowest BCUT2D eigenvalue weighted by Crippen LogP contribution is -2.30. The van der Waals surface area contributed by atoms with E-state index >= 15 is 0 Å². The zero-order chi connectivity index (χ0) is 17.7. The molecule has 1 atom stereocenters. The second-order valence-corrected chi connectivity index (χ2v) is 5.86. The van der Waals surface area contributed by atoms with E-state index in [0.29, 0.717) is 12.5 Å². The number of aliphatic hydroxyl groups is 2. The molecule has 0 saturated carbocycles. The minimum absolute atomic E-state index is 0.00553. The topological polar surface area (TPSA) is 125 Å². The van der Waals surface area contributed by atoms with Crippen LogP contribution in [0.5, 0.6) is 0 Å². The van der Waals surface area contributed by atoms with Gasteiger partial charge in [-0.25, -0.2) is 4.79 Å². The van der Waals surface area contributed by atoms with E-state index in [4.69, 9.17) is 5.11 Å². The number of aryl methyl sites for hydroxylation is 1. The number of rotatable bonds is 9. The number of aromatic amines is 1. The van der Waals surface area contributed by atoms with Crippen molar-refractivity contribution in [3.63, 3.8) is 0 Å². The standard InChI is InChI=1S/C15H25N5O4/c1-3-4-5-6-7-16-14-17-12-11(20(14)8-10(22)9-21)13(23)18-15(24)19(12)2/h10,21-22H,3-9H2,1-2H3,(H,16,17)(H,18,23,24)/t10-/m1/s1. The molecule has 2 aromatic heterocycles. The Morgan fingerprint density at radius 3 is 2.71 bits per heavy atom. The first-order chi connectivity index (χ1) is 11.5. The second-order valence-electron chi connectivity index (χ2n) is 5.86. The molecule has 2 aromatic rings. The Morgan fingerprint density at radius 1 is 1.29 bits per heavy atom. The van der Waals surface area contributed by atoms with Crippen LogP contribution in [0.3, 0.4) is 0 Å². The van der Waals surface area contributed by atoms with E-state index in [1.54, 1.807) is 0 Å². The van der Waals surface area contributed by atoms with Gasteiger partial charge in [0.1, 0.15) is 0 Å². The van der Waals surface area contributed by atoms with Crippen LogP contribution in [0.1, 0.15) is 32.6 Å². The predicted octanol–water partition coefficient (Wildman–Crippen LogP) is -0.231. The number of hydrogen-bond donors (Lipinski definition) is 4. The molecule has 9 heteroatoms. The summed E-state index contributed by atoms with van der Waals surface area (Å²) in [5, 5.41) is 22.0. The van der Waals surface area contributed by atoms with E-state index in [0.717, 1.165) is 25.7 Å². The summed E-state index contributed by atoms with van der Waals surface area (Å²) in [6.07, 6.45) is 3.30. The van der Waals surface area contributed by atoms with Gasteiger partial charge in [-0.2, -0.15) is 4.98 Å². The van der Waals surface area contributed by atoms with Crippen molar-refractivity contribution >= 4 is 17.1 Å². The number of aliphatic hydroxyl groups excluding tert-OH is 2. The number of anilines is 1. The van der Waals surface area contributed by atoms with Crippen LogP contribution in [0.2, 0.25) is 0 Å². The highest BCUT2D eigenvalue weighted by Gasteiger charge is 2.19. The van der Waals surface area contributed by atoms with Crippen molar-refractivity contribution in [2.24, 2.45) is 7.05 Å². The van der Waals surface area contributed by atoms with Gasteiger partial charge in [-0.05, 0) is 6.42 Å². The number of aromatic nitrogens is 4. The Hall–Kier alpha value is -2.13. The third-order valence-electron chi connectivity index (χ3n) is 3.92. The molecule has 0 unspecified atom stereocenters. The molecule has 0 saturated heterocycles. The Bertz CT molecular complexity index is 791. The van der Waals surface area contributed by atoms with E-state index < -0.39 is 24.0 Å².